The normalized spacial score (nSPS) is 11.1. The van der Waals surface area contributed by atoms with Crippen LogP contribution in [0.2, 0.25) is 5.02 Å². The zero-order valence-electron chi connectivity index (χ0n) is 19.9. The van der Waals surface area contributed by atoms with Gasteiger partial charge in [-0.3, -0.25) is 9.59 Å². The average Bonchev–Trinajstić information content (AvgIpc) is 3.38. The van der Waals surface area contributed by atoms with E-state index in [0.29, 0.717) is 33.1 Å². The maximum atomic E-state index is 12.8. The summed E-state index contributed by atoms with van der Waals surface area (Å²) in [7, 11) is 0. The van der Waals surface area contributed by atoms with Gasteiger partial charge in [0.15, 0.2) is 10.8 Å². The molecule has 4 rings (SSSR count). The molecule has 0 spiro atoms. The molecule has 4 aromatic rings. The van der Waals surface area contributed by atoms with Crippen LogP contribution in [-0.4, -0.2) is 32.9 Å². The number of hydrogen-bond donors (Lipinski definition) is 4. The Morgan fingerprint density at radius 3 is 2.63 bits per heavy atom. The Balaban J connectivity index is 0.00000400. The van der Waals surface area contributed by atoms with Crippen LogP contribution >= 0.6 is 35.3 Å². The maximum absolute atomic E-state index is 12.8. The van der Waals surface area contributed by atoms with Gasteiger partial charge in [0, 0.05) is 45.9 Å². The average molecular weight is 569 g/mol. The first-order valence-electron chi connectivity index (χ1n) is 11.1. The molecule has 9 nitrogen and oxygen atoms in total. The molecule has 5 N–H and O–H groups in total. The fourth-order valence-corrected chi connectivity index (χ4v) is 4.30. The van der Waals surface area contributed by atoms with Gasteiger partial charge in [-0.05, 0) is 48.9 Å². The number of halogens is 2. The van der Waals surface area contributed by atoms with Crippen molar-refractivity contribution in [3.8, 4) is 34.2 Å². The second-order valence-corrected chi connectivity index (χ2v) is 9.48. The molecular formula is C26H22Cl2N6O3S. The lowest BCUT2D eigenvalue weighted by Crippen LogP contribution is -2.23. The lowest BCUT2D eigenvalue weighted by molar-refractivity contribution is -0.116. The second kappa shape index (κ2) is 12.5. The van der Waals surface area contributed by atoms with Gasteiger partial charge in [0.05, 0.1) is 5.69 Å². The molecule has 12 heteroatoms. The summed E-state index contributed by atoms with van der Waals surface area (Å²) in [6.07, 6.45) is 1.65. The van der Waals surface area contributed by atoms with Crippen LogP contribution in [0.3, 0.4) is 0 Å². The maximum Gasteiger partial charge on any atom is 0.285 e. The Hall–Kier alpha value is -4.01. The molecule has 2 heterocycles. The molecule has 0 unspecified atom stereocenters. The number of carbonyl (C=O) groups is 2. The van der Waals surface area contributed by atoms with Gasteiger partial charge in [-0.15, -0.1) is 23.7 Å². The van der Waals surface area contributed by atoms with Gasteiger partial charge < -0.3 is 21.5 Å². The largest absolute Gasteiger partial charge is 0.507 e. The zero-order valence-corrected chi connectivity index (χ0v) is 22.3. The van der Waals surface area contributed by atoms with E-state index in [4.69, 9.17) is 17.3 Å². The van der Waals surface area contributed by atoms with Crippen LogP contribution in [0.4, 0.5) is 11.5 Å². The summed E-state index contributed by atoms with van der Waals surface area (Å²) in [4.78, 5) is 33.5. The van der Waals surface area contributed by atoms with Crippen molar-refractivity contribution >= 4 is 58.7 Å². The highest BCUT2D eigenvalue weighted by Crippen LogP contribution is 2.37. The molecule has 2 aromatic carbocycles. The Labute approximate surface area is 233 Å². The number of rotatable bonds is 7. The number of phenolic OH excluding ortho intramolecular Hbond substituents is 1. The molecule has 2 aromatic heterocycles. The summed E-state index contributed by atoms with van der Waals surface area (Å²) < 4.78 is 0. The van der Waals surface area contributed by atoms with Gasteiger partial charge in [-0.25, -0.2) is 9.97 Å². The predicted molar refractivity (Wildman–Crippen MR) is 151 cm³/mol. The number of amides is 2. The number of nitriles is 1. The number of pyridine rings is 1. The molecular weight excluding hydrogens is 547 g/mol. The van der Waals surface area contributed by atoms with Crippen LogP contribution in [-0.2, 0) is 4.79 Å². The van der Waals surface area contributed by atoms with Crippen molar-refractivity contribution in [2.75, 3.05) is 10.6 Å². The summed E-state index contributed by atoms with van der Waals surface area (Å²) in [5.74, 6) is -0.898. The summed E-state index contributed by atoms with van der Waals surface area (Å²) in [5, 5.41) is 28.3. The Bertz CT molecular complexity index is 1520. The van der Waals surface area contributed by atoms with Crippen LogP contribution < -0.4 is 16.4 Å². The van der Waals surface area contributed by atoms with Gasteiger partial charge in [0.25, 0.3) is 5.91 Å². The molecule has 0 saturated carbocycles. The van der Waals surface area contributed by atoms with Crippen molar-refractivity contribution < 1.29 is 14.7 Å². The number of aromatic hydroxyl groups is 1. The highest BCUT2D eigenvalue weighted by Gasteiger charge is 2.20. The highest BCUT2D eigenvalue weighted by molar-refractivity contribution is 7.11. The van der Waals surface area contributed by atoms with Gasteiger partial charge in [0.1, 0.15) is 17.4 Å². The molecule has 0 radical (unpaired) electrons. The van der Waals surface area contributed by atoms with Crippen molar-refractivity contribution in [2.45, 2.75) is 19.4 Å². The summed E-state index contributed by atoms with van der Waals surface area (Å²) in [6.45, 7) is 1.74. The lowest BCUT2D eigenvalue weighted by atomic mass is 9.97. The molecule has 0 fully saturated rings. The van der Waals surface area contributed by atoms with Crippen molar-refractivity contribution in [1.29, 1.82) is 5.26 Å². The summed E-state index contributed by atoms with van der Waals surface area (Å²) in [5.41, 5.74) is 7.98. The van der Waals surface area contributed by atoms with Gasteiger partial charge in [-0.2, -0.15) is 5.26 Å². The minimum Gasteiger partial charge on any atom is -0.507 e. The summed E-state index contributed by atoms with van der Waals surface area (Å²) >= 11 is 7.14. The fourth-order valence-electron chi connectivity index (χ4n) is 3.60. The molecule has 1 atom stereocenters. The van der Waals surface area contributed by atoms with Gasteiger partial charge in [0.2, 0.25) is 5.91 Å². The quantitative estimate of drug-likeness (QED) is 0.231. The van der Waals surface area contributed by atoms with Crippen molar-refractivity contribution in [3.63, 3.8) is 0 Å². The molecule has 0 saturated heterocycles. The third-order valence-electron chi connectivity index (χ3n) is 5.19. The van der Waals surface area contributed by atoms with E-state index in [1.807, 2.05) is 0 Å². The monoisotopic (exact) mass is 568 g/mol. The standard InChI is InChI=1S/C26H21ClN6O3S.ClH/c1-14(29)9-23(35)31-17-4-2-3-15(10-17)19-12-21(18-6-5-16(27)11-22(18)34)32-24(20(19)13-28)33-25(36)26-30-7-8-37-26;/h2-8,10-12,14,34H,9,29H2,1H3,(H,31,35)(H,32,33,36);1H/t14-;/m1./s1. The van der Waals surface area contributed by atoms with Crippen LogP contribution in [0.25, 0.3) is 22.4 Å². The van der Waals surface area contributed by atoms with Crippen molar-refractivity contribution in [3.05, 3.63) is 75.7 Å². The van der Waals surface area contributed by atoms with Crippen LogP contribution in [0, 0.1) is 11.3 Å². The minimum atomic E-state index is -0.528. The van der Waals surface area contributed by atoms with E-state index >= 15 is 0 Å². The van der Waals surface area contributed by atoms with Gasteiger partial charge in [-0.1, -0.05) is 23.7 Å². The SMILES string of the molecule is C[C@@H](N)CC(=O)Nc1cccc(-c2cc(-c3ccc(Cl)cc3O)nc(NC(=O)c3nccs3)c2C#N)c1.Cl. The number of thiazole rings is 1. The van der Waals surface area contributed by atoms with E-state index in [9.17, 15) is 20.0 Å². The molecule has 0 aliphatic carbocycles. The highest BCUT2D eigenvalue weighted by atomic mass is 35.5. The Morgan fingerprint density at radius 2 is 1.97 bits per heavy atom. The number of aromatic nitrogens is 2. The molecule has 194 valence electrons. The molecule has 0 aliphatic heterocycles. The van der Waals surface area contributed by atoms with Crippen molar-refractivity contribution in [1.82, 2.24) is 9.97 Å². The fraction of sp³-hybridized carbons (Fsp3) is 0.115. The smallest absolute Gasteiger partial charge is 0.285 e. The topological polar surface area (TPSA) is 154 Å². The number of hydrogen-bond acceptors (Lipinski definition) is 8. The molecule has 2 amide bonds. The van der Waals surface area contributed by atoms with Gasteiger partial charge >= 0.3 is 0 Å². The third-order valence-corrected chi connectivity index (χ3v) is 6.20. The number of nitrogens with two attached hydrogens (primary N) is 1. The van der Waals surface area contributed by atoms with E-state index in [-0.39, 0.29) is 52.9 Å². The number of carbonyl (C=O) groups excluding carboxylic acids is 2. The molecule has 0 aliphatic rings. The van der Waals surface area contributed by atoms with E-state index < -0.39 is 5.91 Å². The first kappa shape index (κ1) is 28.6. The number of benzene rings is 2. The van der Waals surface area contributed by atoms with Crippen LogP contribution in [0.1, 0.15) is 28.7 Å². The lowest BCUT2D eigenvalue weighted by Gasteiger charge is -2.15. The van der Waals surface area contributed by atoms with Crippen LogP contribution in [0.15, 0.2) is 60.1 Å². The van der Waals surface area contributed by atoms with Crippen molar-refractivity contribution in [2.24, 2.45) is 5.73 Å². The zero-order chi connectivity index (χ0) is 26.5. The molecule has 38 heavy (non-hydrogen) atoms. The molecule has 0 bridgehead atoms. The predicted octanol–water partition coefficient (Wildman–Crippen LogP) is 5.45. The Kier molecular flexibility index (Phi) is 9.39. The second-order valence-electron chi connectivity index (χ2n) is 8.15. The van der Waals surface area contributed by atoms with E-state index in [1.54, 1.807) is 54.8 Å². The first-order chi connectivity index (χ1) is 17.7. The Morgan fingerprint density at radius 1 is 1.18 bits per heavy atom. The minimum absolute atomic E-state index is 0. The number of anilines is 2. The third kappa shape index (κ3) is 6.65. The number of phenols is 1. The number of nitrogens with zero attached hydrogens (tertiary/aromatic N) is 3. The van der Waals surface area contributed by atoms with E-state index in [1.165, 1.54) is 12.3 Å². The van der Waals surface area contributed by atoms with Crippen LogP contribution in [0.5, 0.6) is 5.75 Å². The summed E-state index contributed by atoms with van der Waals surface area (Å²) in [6, 6.07) is 14.9. The first-order valence-corrected chi connectivity index (χ1v) is 12.3. The van der Waals surface area contributed by atoms with E-state index in [0.717, 1.165) is 11.3 Å². The number of nitrogens with one attached hydrogen (secondary N) is 2. The van der Waals surface area contributed by atoms with E-state index in [2.05, 4.69) is 26.7 Å².